The van der Waals surface area contributed by atoms with Gasteiger partial charge >= 0.3 is 0 Å². The topological polar surface area (TPSA) is 56.1 Å². The molecular formula is C15H16FN3O. The molecule has 5 heteroatoms. The summed E-state index contributed by atoms with van der Waals surface area (Å²) in [6, 6.07) is 6.85. The first-order valence-corrected chi connectivity index (χ1v) is 6.91. The number of hydrogen-bond acceptors (Lipinski definition) is 3. The first kappa shape index (κ1) is 12.9. The van der Waals surface area contributed by atoms with Gasteiger partial charge in [0.05, 0.1) is 5.56 Å². The number of halogens is 1. The number of hydrogen-bond donors (Lipinski definition) is 1. The lowest BCUT2D eigenvalue weighted by Crippen LogP contribution is -2.54. The molecule has 1 aromatic rings. The highest BCUT2D eigenvalue weighted by atomic mass is 19.1. The van der Waals surface area contributed by atoms with Gasteiger partial charge in [-0.15, -0.1) is 0 Å². The second-order valence-electron chi connectivity index (χ2n) is 5.48. The highest BCUT2D eigenvalue weighted by Gasteiger charge is 2.33. The minimum Gasteiger partial charge on any atom is -0.371 e. The van der Waals surface area contributed by atoms with Crippen molar-refractivity contribution < 1.29 is 9.18 Å². The van der Waals surface area contributed by atoms with Crippen LogP contribution in [0.5, 0.6) is 0 Å². The molecule has 1 N–H and O–H groups in total. The van der Waals surface area contributed by atoms with Crippen LogP contribution in [0.25, 0.3) is 0 Å². The molecule has 104 valence electrons. The third-order valence-electron chi connectivity index (χ3n) is 4.26. The summed E-state index contributed by atoms with van der Waals surface area (Å²) in [6.45, 7) is 1.63. The maximum Gasteiger partial charge on any atom is 0.220 e. The lowest BCUT2D eigenvalue weighted by molar-refractivity contribution is -0.124. The number of nitrogens with zero attached hydrogens (tertiary/aromatic N) is 2. The van der Waals surface area contributed by atoms with E-state index in [1.165, 1.54) is 12.1 Å². The van der Waals surface area contributed by atoms with E-state index in [1.54, 1.807) is 6.07 Å². The summed E-state index contributed by atoms with van der Waals surface area (Å²) in [5, 5.41) is 11.8. The Morgan fingerprint density at radius 2 is 2.25 bits per heavy atom. The van der Waals surface area contributed by atoms with Crippen LogP contribution in [0.15, 0.2) is 18.2 Å². The first-order valence-electron chi connectivity index (χ1n) is 6.91. The van der Waals surface area contributed by atoms with Crippen molar-refractivity contribution in [3.8, 4) is 6.07 Å². The molecule has 2 saturated heterocycles. The Labute approximate surface area is 117 Å². The highest BCUT2D eigenvalue weighted by Crippen LogP contribution is 2.29. The minimum absolute atomic E-state index is 0.0774. The van der Waals surface area contributed by atoms with Crippen molar-refractivity contribution in [3.05, 3.63) is 29.6 Å². The summed E-state index contributed by atoms with van der Waals surface area (Å²) < 4.78 is 13.7. The Kier molecular flexibility index (Phi) is 3.31. The molecule has 0 saturated carbocycles. The van der Waals surface area contributed by atoms with Crippen molar-refractivity contribution in [2.24, 2.45) is 5.92 Å². The largest absolute Gasteiger partial charge is 0.371 e. The number of rotatable bonds is 1. The number of fused-ring (bicyclic) bond motifs is 1. The molecule has 0 radical (unpaired) electrons. The third-order valence-corrected chi connectivity index (χ3v) is 4.26. The zero-order valence-corrected chi connectivity index (χ0v) is 11.1. The lowest BCUT2D eigenvalue weighted by atomic mass is 9.85. The van der Waals surface area contributed by atoms with E-state index in [4.69, 9.17) is 5.26 Å². The fraction of sp³-hybridized carbons (Fsp3) is 0.467. The van der Waals surface area contributed by atoms with Crippen molar-refractivity contribution >= 4 is 11.6 Å². The number of benzene rings is 1. The zero-order valence-electron chi connectivity index (χ0n) is 11.1. The standard InChI is InChI=1S/C15H16FN3O/c16-13-7-12(3-1-10(13)8-17)19-6-5-14-11(9-19)2-4-15(20)18-14/h1,3,7,11,14H,2,4-6,9H2,(H,18,20). The van der Waals surface area contributed by atoms with Crippen molar-refractivity contribution in [1.29, 1.82) is 5.26 Å². The lowest BCUT2D eigenvalue weighted by Gasteiger charge is -2.42. The van der Waals surface area contributed by atoms with E-state index >= 15 is 0 Å². The molecule has 2 atom stereocenters. The van der Waals surface area contributed by atoms with Gasteiger partial charge in [-0.3, -0.25) is 4.79 Å². The number of anilines is 1. The Morgan fingerprint density at radius 1 is 1.40 bits per heavy atom. The minimum atomic E-state index is -0.468. The quantitative estimate of drug-likeness (QED) is 0.849. The molecule has 0 bridgehead atoms. The van der Waals surface area contributed by atoms with Gasteiger partial charge in [-0.25, -0.2) is 4.39 Å². The Balaban J connectivity index is 1.75. The summed E-state index contributed by atoms with van der Waals surface area (Å²) in [4.78, 5) is 13.5. The number of piperidine rings is 2. The second kappa shape index (κ2) is 5.12. The van der Waals surface area contributed by atoms with Crippen LogP contribution < -0.4 is 10.2 Å². The smallest absolute Gasteiger partial charge is 0.220 e. The molecule has 2 unspecified atom stereocenters. The number of nitriles is 1. The van der Waals surface area contributed by atoms with Crippen molar-refractivity contribution in [2.45, 2.75) is 25.3 Å². The number of nitrogens with one attached hydrogen (secondary N) is 1. The molecule has 3 rings (SSSR count). The molecule has 1 aromatic carbocycles. The summed E-state index contributed by atoms with van der Waals surface area (Å²) in [7, 11) is 0. The summed E-state index contributed by atoms with van der Waals surface area (Å²) in [5.41, 5.74) is 0.894. The molecule has 4 nitrogen and oxygen atoms in total. The van der Waals surface area contributed by atoms with E-state index in [1.807, 2.05) is 6.07 Å². The first-order chi connectivity index (χ1) is 9.67. The number of carbonyl (C=O) groups excluding carboxylic acids is 1. The summed E-state index contributed by atoms with van der Waals surface area (Å²) in [6.07, 6.45) is 2.36. The molecule has 2 aliphatic rings. The molecule has 2 fully saturated rings. The predicted molar refractivity (Wildman–Crippen MR) is 72.6 cm³/mol. The SMILES string of the molecule is N#Cc1ccc(N2CCC3NC(=O)CCC3C2)cc1F. The zero-order chi connectivity index (χ0) is 14.1. The molecule has 0 aliphatic carbocycles. The molecular weight excluding hydrogens is 257 g/mol. The predicted octanol–water partition coefficient (Wildman–Crippen LogP) is 1.80. The van der Waals surface area contributed by atoms with E-state index in [0.29, 0.717) is 12.3 Å². The van der Waals surface area contributed by atoms with Crippen molar-refractivity contribution in [3.63, 3.8) is 0 Å². The number of carbonyl (C=O) groups is 1. The van der Waals surface area contributed by atoms with Gasteiger partial charge in [-0.05, 0) is 37.0 Å². The van der Waals surface area contributed by atoms with Crippen LogP contribution in [-0.2, 0) is 4.79 Å². The Morgan fingerprint density at radius 3 is 3.00 bits per heavy atom. The van der Waals surface area contributed by atoms with Crippen molar-refractivity contribution in [1.82, 2.24) is 5.32 Å². The Hall–Kier alpha value is -2.09. The van der Waals surface area contributed by atoms with Gasteiger partial charge < -0.3 is 10.2 Å². The maximum atomic E-state index is 13.7. The van der Waals surface area contributed by atoms with Gasteiger partial charge in [-0.2, -0.15) is 5.26 Å². The van der Waals surface area contributed by atoms with Gasteiger partial charge in [0.2, 0.25) is 5.91 Å². The normalized spacial score (nSPS) is 25.6. The van der Waals surface area contributed by atoms with Crippen LogP contribution in [0.1, 0.15) is 24.8 Å². The van der Waals surface area contributed by atoms with Crippen LogP contribution >= 0.6 is 0 Å². The fourth-order valence-electron chi connectivity index (χ4n) is 3.14. The molecule has 2 aliphatic heterocycles. The highest BCUT2D eigenvalue weighted by molar-refractivity contribution is 5.77. The summed E-state index contributed by atoms with van der Waals surface area (Å²) >= 11 is 0. The molecule has 2 heterocycles. The van der Waals surface area contributed by atoms with Crippen LogP contribution in [-0.4, -0.2) is 25.0 Å². The van der Waals surface area contributed by atoms with Gasteiger partial charge in [-0.1, -0.05) is 0 Å². The van der Waals surface area contributed by atoms with Crippen molar-refractivity contribution in [2.75, 3.05) is 18.0 Å². The van der Waals surface area contributed by atoms with Crippen LogP contribution in [0.2, 0.25) is 0 Å². The monoisotopic (exact) mass is 273 g/mol. The average molecular weight is 273 g/mol. The number of amides is 1. The molecule has 1 amide bonds. The van der Waals surface area contributed by atoms with E-state index in [9.17, 15) is 9.18 Å². The van der Waals surface area contributed by atoms with Crippen LogP contribution in [0, 0.1) is 23.1 Å². The molecule has 0 aromatic heterocycles. The van der Waals surface area contributed by atoms with Gasteiger partial charge in [0.1, 0.15) is 11.9 Å². The fourth-order valence-corrected chi connectivity index (χ4v) is 3.14. The Bertz CT molecular complexity index is 581. The van der Waals surface area contributed by atoms with Gasteiger partial charge in [0.15, 0.2) is 0 Å². The van der Waals surface area contributed by atoms with E-state index in [-0.39, 0.29) is 17.5 Å². The summed E-state index contributed by atoms with van der Waals surface area (Å²) in [5.74, 6) is 0.105. The average Bonchev–Trinajstić information content (AvgIpc) is 2.46. The van der Waals surface area contributed by atoms with Gasteiger partial charge in [0.25, 0.3) is 0 Å². The van der Waals surface area contributed by atoms with Crippen LogP contribution in [0.4, 0.5) is 10.1 Å². The molecule has 20 heavy (non-hydrogen) atoms. The third kappa shape index (κ3) is 2.34. The van der Waals surface area contributed by atoms with E-state index in [2.05, 4.69) is 10.2 Å². The van der Waals surface area contributed by atoms with E-state index in [0.717, 1.165) is 31.6 Å². The molecule has 0 spiro atoms. The maximum absolute atomic E-state index is 13.7. The van der Waals surface area contributed by atoms with Crippen LogP contribution in [0.3, 0.4) is 0 Å². The van der Waals surface area contributed by atoms with Gasteiger partial charge in [0, 0.05) is 31.2 Å². The van der Waals surface area contributed by atoms with E-state index < -0.39 is 5.82 Å². The second-order valence-corrected chi connectivity index (χ2v) is 5.48.